The van der Waals surface area contributed by atoms with Crippen LogP contribution in [0.25, 0.3) is 10.8 Å². The maximum absolute atomic E-state index is 11.9. The molecule has 0 radical (unpaired) electrons. The topological polar surface area (TPSA) is 74.8 Å². The second kappa shape index (κ2) is 8.45. The molecule has 0 heterocycles. The van der Waals surface area contributed by atoms with Crippen LogP contribution in [-0.4, -0.2) is 24.5 Å². The molecule has 4 N–H and O–H groups in total. The number of nitrogens with two attached hydrogens (primary N) is 1. The standard InChI is InChI=1S/C19H25N3O2/c1-4-13(2)21-19(24)22-18(23)12-20-14(3)16-11-7-9-15-8-5-6-10-17(15)16/h5-11,13-14,20H,4,12H2,1-3H3,(H2,21,22,23,24)/p+1/t13-,14-/m0/s1. The Bertz CT molecular complexity index is 709. The van der Waals surface area contributed by atoms with Gasteiger partial charge in [-0.15, -0.1) is 0 Å². The number of urea groups is 1. The first-order chi connectivity index (χ1) is 11.5. The molecule has 0 bridgehead atoms. The Labute approximate surface area is 142 Å². The summed E-state index contributed by atoms with van der Waals surface area (Å²) in [6.45, 7) is 6.15. The van der Waals surface area contributed by atoms with E-state index in [4.69, 9.17) is 0 Å². The summed E-state index contributed by atoms with van der Waals surface area (Å²) in [4.78, 5) is 23.6. The highest BCUT2D eigenvalue weighted by atomic mass is 16.2. The van der Waals surface area contributed by atoms with E-state index in [2.05, 4.69) is 41.8 Å². The monoisotopic (exact) mass is 328 g/mol. The number of fused-ring (bicyclic) bond motifs is 1. The third-order valence-corrected chi connectivity index (χ3v) is 4.21. The van der Waals surface area contributed by atoms with Crippen molar-refractivity contribution in [3.8, 4) is 0 Å². The second-order valence-corrected chi connectivity index (χ2v) is 6.13. The van der Waals surface area contributed by atoms with Crippen LogP contribution in [0.1, 0.15) is 38.8 Å². The predicted octanol–water partition coefficient (Wildman–Crippen LogP) is 2.09. The smallest absolute Gasteiger partial charge is 0.321 e. The summed E-state index contributed by atoms with van der Waals surface area (Å²) in [5, 5.41) is 9.41. The van der Waals surface area contributed by atoms with Gasteiger partial charge < -0.3 is 10.6 Å². The molecule has 2 aromatic rings. The zero-order valence-electron chi connectivity index (χ0n) is 14.5. The van der Waals surface area contributed by atoms with Crippen LogP contribution >= 0.6 is 0 Å². The molecular formula is C19H26N3O2+. The molecule has 24 heavy (non-hydrogen) atoms. The number of amides is 3. The molecule has 0 aliphatic heterocycles. The normalized spacial score (nSPS) is 13.3. The molecular weight excluding hydrogens is 302 g/mol. The number of nitrogens with one attached hydrogen (secondary N) is 2. The van der Waals surface area contributed by atoms with Gasteiger partial charge in [-0.3, -0.25) is 10.1 Å². The molecule has 2 rings (SSSR count). The van der Waals surface area contributed by atoms with Gasteiger partial charge in [-0.05, 0) is 31.0 Å². The number of hydrogen-bond donors (Lipinski definition) is 3. The number of benzene rings is 2. The van der Waals surface area contributed by atoms with Crippen molar-refractivity contribution in [3.63, 3.8) is 0 Å². The molecule has 5 heteroatoms. The SMILES string of the molecule is CC[C@H](C)NC(=O)NC(=O)C[NH2+][C@@H](C)c1cccc2ccccc12. The van der Waals surface area contributed by atoms with Crippen molar-refractivity contribution in [1.82, 2.24) is 10.6 Å². The van der Waals surface area contributed by atoms with E-state index in [9.17, 15) is 9.59 Å². The maximum atomic E-state index is 11.9. The molecule has 0 fully saturated rings. The van der Waals surface area contributed by atoms with Crippen LogP contribution in [0.3, 0.4) is 0 Å². The average Bonchev–Trinajstić information content (AvgIpc) is 2.58. The van der Waals surface area contributed by atoms with Crippen molar-refractivity contribution in [2.75, 3.05) is 6.54 Å². The van der Waals surface area contributed by atoms with E-state index in [-0.39, 0.29) is 24.5 Å². The minimum absolute atomic E-state index is 0.0522. The highest BCUT2D eigenvalue weighted by molar-refractivity contribution is 5.94. The zero-order chi connectivity index (χ0) is 17.5. The third kappa shape index (κ3) is 4.80. The van der Waals surface area contributed by atoms with Gasteiger partial charge in [-0.1, -0.05) is 49.4 Å². The largest absolute Gasteiger partial charge is 0.335 e. The van der Waals surface area contributed by atoms with Crippen LogP contribution in [0.4, 0.5) is 4.79 Å². The fraction of sp³-hybridized carbons (Fsp3) is 0.368. The lowest BCUT2D eigenvalue weighted by molar-refractivity contribution is -0.682. The van der Waals surface area contributed by atoms with Crippen LogP contribution in [0, 0.1) is 0 Å². The lowest BCUT2D eigenvalue weighted by atomic mass is 10.00. The van der Waals surface area contributed by atoms with Crippen LogP contribution in [0.2, 0.25) is 0 Å². The van der Waals surface area contributed by atoms with Crippen molar-refractivity contribution in [2.45, 2.75) is 39.3 Å². The minimum Gasteiger partial charge on any atom is -0.335 e. The van der Waals surface area contributed by atoms with Gasteiger partial charge in [0.25, 0.3) is 5.91 Å². The Morgan fingerprint density at radius 3 is 2.54 bits per heavy atom. The summed E-state index contributed by atoms with van der Waals surface area (Å²) >= 11 is 0. The number of quaternary nitrogens is 1. The number of rotatable bonds is 6. The number of carbonyl (C=O) groups excluding carboxylic acids is 2. The number of hydrogen-bond acceptors (Lipinski definition) is 2. The van der Waals surface area contributed by atoms with Gasteiger partial charge in [-0.25, -0.2) is 4.79 Å². The van der Waals surface area contributed by atoms with Gasteiger partial charge in [0, 0.05) is 11.6 Å². The zero-order valence-corrected chi connectivity index (χ0v) is 14.5. The Hall–Kier alpha value is -2.40. The van der Waals surface area contributed by atoms with E-state index in [0.29, 0.717) is 0 Å². The fourth-order valence-corrected chi connectivity index (χ4v) is 2.60. The van der Waals surface area contributed by atoms with Gasteiger partial charge in [0.05, 0.1) is 0 Å². The second-order valence-electron chi connectivity index (χ2n) is 6.13. The van der Waals surface area contributed by atoms with Crippen molar-refractivity contribution in [2.24, 2.45) is 0 Å². The molecule has 0 unspecified atom stereocenters. The van der Waals surface area contributed by atoms with E-state index in [1.54, 1.807) is 0 Å². The molecule has 0 aromatic heterocycles. The number of carbonyl (C=O) groups is 2. The van der Waals surface area contributed by atoms with Gasteiger partial charge >= 0.3 is 6.03 Å². The third-order valence-electron chi connectivity index (χ3n) is 4.21. The van der Waals surface area contributed by atoms with Crippen molar-refractivity contribution < 1.29 is 14.9 Å². The highest BCUT2D eigenvalue weighted by Crippen LogP contribution is 2.21. The van der Waals surface area contributed by atoms with E-state index in [1.807, 2.05) is 37.4 Å². The Kier molecular flexibility index (Phi) is 6.32. The van der Waals surface area contributed by atoms with Crippen LogP contribution < -0.4 is 16.0 Å². The highest BCUT2D eigenvalue weighted by Gasteiger charge is 2.16. The summed E-state index contributed by atoms with van der Waals surface area (Å²) in [7, 11) is 0. The maximum Gasteiger partial charge on any atom is 0.321 e. The van der Waals surface area contributed by atoms with Gasteiger partial charge in [-0.2, -0.15) is 0 Å². The summed E-state index contributed by atoms with van der Waals surface area (Å²) < 4.78 is 0. The predicted molar refractivity (Wildman–Crippen MR) is 95.6 cm³/mol. The Balaban J connectivity index is 1.91. The quantitative estimate of drug-likeness (QED) is 0.759. The molecule has 0 saturated carbocycles. The van der Waals surface area contributed by atoms with E-state index >= 15 is 0 Å². The van der Waals surface area contributed by atoms with E-state index in [0.717, 1.165) is 6.42 Å². The van der Waals surface area contributed by atoms with E-state index in [1.165, 1.54) is 16.3 Å². The van der Waals surface area contributed by atoms with E-state index < -0.39 is 6.03 Å². The first-order valence-corrected chi connectivity index (χ1v) is 8.42. The number of imide groups is 1. The molecule has 128 valence electrons. The molecule has 0 aliphatic carbocycles. The molecule has 2 atom stereocenters. The van der Waals surface area contributed by atoms with Crippen LogP contribution in [0.5, 0.6) is 0 Å². The van der Waals surface area contributed by atoms with Gasteiger partial charge in [0.2, 0.25) is 0 Å². The lowest BCUT2D eigenvalue weighted by Crippen LogP contribution is -2.87. The summed E-state index contributed by atoms with van der Waals surface area (Å²) in [6, 6.07) is 14.1. The fourth-order valence-electron chi connectivity index (χ4n) is 2.60. The first-order valence-electron chi connectivity index (χ1n) is 8.42. The molecule has 0 spiro atoms. The average molecular weight is 328 g/mol. The molecule has 2 aromatic carbocycles. The van der Waals surface area contributed by atoms with Crippen molar-refractivity contribution >= 4 is 22.7 Å². The molecule has 3 amide bonds. The summed E-state index contributed by atoms with van der Waals surface area (Å²) in [5.74, 6) is -0.289. The Morgan fingerprint density at radius 2 is 1.79 bits per heavy atom. The van der Waals surface area contributed by atoms with Crippen molar-refractivity contribution in [1.29, 1.82) is 0 Å². The molecule has 0 aliphatic rings. The molecule has 5 nitrogen and oxygen atoms in total. The summed E-state index contributed by atoms with van der Waals surface area (Å²) in [6.07, 6.45) is 0.825. The lowest BCUT2D eigenvalue weighted by Gasteiger charge is -2.14. The minimum atomic E-state index is -0.430. The van der Waals surface area contributed by atoms with Crippen LogP contribution in [-0.2, 0) is 4.79 Å². The summed E-state index contributed by atoms with van der Waals surface area (Å²) in [5.41, 5.74) is 1.19. The Morgan fingerprint density at radius 1 is 1.08 bits per heavy atom. The molecule has 0 saturated heterocycles. The van der Waals surface area contributed by atoms with Crippen molar-refractivity contribution in [3.05, 3.63) is 48.0 Å². The van der Waals surface area contributed by atoms with Gasteiger partial charge in [0.1, 0.15) is 6.04 Å². The van der Waals surface area contributed by atoms with Gasteiger partial charge in [0.15, 0.2) is 6.54 Å². The first kappa shape index (κ1) is 17.9. The van der Waals surface area contributed by atoms with Crippen LogP contribution in [0.15, 0.2) is 42.5 Å².